The van der Waals surface area contributed by atoms with Crippen LogP contribution in [0.2, 0.25) is 0 Å². The zero-order chi connectivity index (χ0) is 17.0. The summed E-state index contributed by atoms with van der Waals surface area (Å²) in [5, 5.41) is 1.75. The summed E-state index contributed by atoms with van der Waals surface area (Å²) >= 11 is 0. The molecule has 0 bridgehead atoms. The fraction of sp³-hybridized carbons (Fsp3) is 0.0909. The van der Waals surface area contributed by atoms with Gasteiger partial charge in [-0.15, -0.1) is 0 Å². The molecule has 0 saturated carbocycles. The highest BCUT2D eigenvalue weighted by Crippen LogP contribution is 2.52. The van der Waals surface area contributed by atoms with Crippen molar-refractivity contribution in [3.05, 3.63) is 103 Å². The number of hydrogen-bond donors (Lipinski definition) is 0. The lowest BCUT2D eigenvalue weighted by molar-refractivity contribution is 0.584. The van der Waals surface area contributed by atoms with E-state index in [0.717, 1.165) is 21.7 Å². The van der Waals surface area contributed by atoms with E-state index in [2.05, 4.69) is 6.58 Å². The van der Waals surface area contributed by atoms with Gasteiger partial charge in [-0.1, -0.05) is 104 Å². The van der Waals surface area contributed by atoms with E-state index in [9.17, 15) is 4.57 Å². The van der Waals surface area contributed by atoms with Gasteiger partial charge < -0.3 is 4.57 Å². The molecule has 3 rings (SSSR count). The average molecular weight is 332 g/mol. The zero-order valence-corrected chi connectivity index (χ0v) is 14.7. The summed E-state index contributed by atoms with van der Waals surface area (Å²) in [5.74, 6) is 0. The molecule has 0 unspecified atom stereocenters. The highest BCUT2D eigenvalue weighted by molar-refractivity contribution is 7.79. The van der Waals surface area contributed by atoms with Crippen molar-refractivity contribution in [1.29, 1.82) is 0 Å². The standard InChI is InChI=1S/C22H21OP/c1-18(20-12-6-3-7-13-20)19(2)24(23,21-14-8-4-9-15-21)22-16-10-5-11-17-22/h3-17,19H,1H2,2H3/t19-/m0/s1. The van der Waals surface area contributed by atoms with E-state index in [1.807, 2.05) is 97.9 Å². The van der Waals surface area contributed by atoms with Crippen LogP contribution < -0.4 is 10.6 Å². The van der Waals surface area contributed by atoms with Gasteiger partial charge in [0, 0.05) is 16.3 Å². The molecule has 0 aliphatic rings. The molecule has 0 heterocycles. The Morgan fingerprint density at radius 1 is 0.750 bits per heavy atom. The van der Waals surface area contributed by atoms with Crippen molar-refractivity contribution in [3.63, 3.8) is 0 Å². The van der Waals surface area contributed by atoms with Crippen molar-refractivity contribution in [2.45, 2.75) is 12.6 Å². The first kappa shape index (κ1) is 16.5. The summed E-state index contributed by atoms with van der Waals surface area (Å²) in [6.45, 7) is 6.29. The minimum Gasteiger partial charge on any atom is -0.313 e. The van der Waals surface area contributed by atoms with E-state index in [1.54, 1.807) is 0 Å². The van der Waals surface area contributed by atoms with Crippen molar-refractivity contribution >= 4 is 23.3 Å². The molecule has 3 aromatic carbocycles. The second-order valence-electron chi connectivity index (χ2n) is 5.90. The first-order valence-electron chi connectivity index (χ1n) is 8.09. The highest BCUT2D eigenvalue weighted by atomic mass is 31.2. The lowest BCUT2D eigenvalue weighted by Gasteiger charge is -2.27. The Hall–Kier alpha value is -2.37. The molecule has 2 heteroatoms. The maximum absolute atomic E-state index is 14.3. The molecule has 0 spiro atoms. The molecule has 0 amide bonds. The van der Waals surface area contributed by atoms with E-state index in [1.165, 1.54) is 0 Å². The predicted molar refractivity (Wildman–Crippen MR) is 105 cm³/mol. The lowest BCUT2D eigenvalue weighted by atomic mass is 10.1. The van der Waals surface area contributed by atoms with Crippen LogP contribution in [0.5, 0.6) is 0 Å². The molecule has 0 saturated heterocycles. The molecule has 0 aliphatic carbocycles. The van der Waals surface area contributed by atoms with Gasteiger partial charge in [-0.25, -0.2) is 0 Å². The summed E-state index contributed by atoms with van der Waals surface area (Å²) in [6.07, 6.45) is 0. The Kier molecular flexibility index (Phi) is 4.83. The number of benzene rings is 3. The van der Waals surface area contributed by atoms with Crippen molar-refractivity contribution in [1.82, 2.24) is 0 Å². The molecule has 0 N–H and O–H groups in total. The smallest absolute Gasteiger partial charge is 0.150 e. The zero-order valence-electron chi connectivity index (χ0n) is 13.8. The Balaban J connectivity index is 2.12. The van der Waals surface area contributed by atoms with Crippen LogP contribution in [0.15, 0.2) is 97.6 Å². The van der Waals surface area contributed by atoms with Crippen LogP contribution in [-0.4, -0.2) is 5.66 Å². The Morgan fingerprint density at radius 2 is 1.12 bits per heavy atom. The third kappa shape index (κ3) is 3.00. The van der Waals surface area contributed by atoms with E-state index >= 15 is 0 Å². The molecule has 24 heavy (non-hydrogen) atoms. The third-order valence-corrected chi connectivity index (χ3v) is 8.01. The maximum atomic E-state index is 14.3. The van der Waals surface area contributed by atoms with Crippen LogP contribution in [0, 0.1) is 0 Å². The minimum absolute atomic E-state index is 0.176. The number of rotatable bonds is 5. The molecule has 0 aromatic heterocycles. The monoisotopic (exact) mass is 332 g/mol. The first-order valence-corrected chi connectivity index (χ1v) is 9.87. The summed E-state index contributed by atoms with van der Waals surface area (Å²) in [5.41, 5.74) is 1.77. The summed E-state index contributed by atoms with van der Waals surface area (Å²) in [6, 6.07) is 29.6. The van der Waals surface area contributed by atoms with Gasteiger partial charge in [0.15, 0.2) is 0 Å². The van der Waals surface area contributed by atoms with Gasteiger partial charge >= 0.3 is 0 Å². The predicted octanol–water partition coefficient (Wildman–Crippen LogP) is 5.10. The van der Waals surface area contributed by atoms with E-state index in [4.69, 9.17) is 0 Å². The molecular weight excluding hydrogens is 311 g/mol. The van der Waals surface area contributed by atoms with Crippen LogP contribution in [-0.2, 0) is 4.57 Å². The normalized spacial score (nSPS) is 12.5. The van der Waals surface area contributed by atoms with Crippen LogP contribution >= 0.6 is 7.14 Å². The Bertz CT molecular complexity index is 811. The second kappa shape index (κ2) is 7.03. The topological polar surface area (TPSA) is 17.1 Å². The fourth-order valence-corrected chi connectivity index (χ4v) is 6.02. The van der Waals surface area contributed by atoms with Gasteiger partial charge in [-0.3, -0.25) is 0 Å². The quantitative estimate of drug-likeness (QED) is 0.594. The molecule has 1 nitrogen and oxygen atoms in total. The summed E-state index contributed by atoms with van der Waals surface area (Å²) in [7, 11) is -2.84. The SMILES string of the molecule is C=C(c1ccccc1)[C@H](C)P(=O)(c1ccccc1)c1ccccc1. The molecule has 1 atom stereocenters. The Labute approximate surface area is 144 Å². The van der Waals surface area contributed by atoms with Crippen molar-refractivity contribution in [2.75, 3.05) is 0 Å². The number of allylic oxidation sites excluding steroid dienone is 1. The second-order valence-corrected chi connectivity index (χ2v) is 9.02. The summed E-state index contributed by atoms with van der Waals surface area (Å²) < 4.78 is 14.3. The molecule has 0 fully saturated rings. The molecule has 0 radical (unpaired) electrons. The third-order valence-electron chi connectivity index (χ3n) is 4.47. The summed E-state index contributed by atoms with van der Waals surface area (Å²) in [4.78, 5) is 0. The Morgan fingerprint density at radius 3 is 1.54 bits per heavy atom. The van der Waals surface area contributed by atoms with Gasteiger partial charge in [-0.05, 0) is 11.1 Å². The van der Waals surface area contributed by atoms with E-state index in [-0.39, 0.29) is 5.66 Å². The van der Waals surface area contributed by atoms with E-state index < -0.39 is 7.14 Å². The first-order chi connectivity index (χ1) is 11.6. The molecule has 3 aromatic rings. The number of hydrogen-bond acceptors (Lipinski definition) is 1. The molecule has 120 valence electrons. The lowest BCUT2D eigenvalue weighted by Crippen LogP contribution is -2.24. The van der Waals surface area contributed by atoms with Crippen molar-refractivity contribution < 1.29 is 4.57 Å². The van der Waals surface area contributed by atoms with E-state index in [0.29, 0.717) is 0 Å². The van der Waals surface area contributed by atoms with Crippen LogP contribution in [0.1, 0.15) is 12.5 Å². The largest absolute Gasteiger partial charge is 0.313 e. The van der Waals surface area contributed by atoms with Crippen LogP contribution in [0.4, 0.5) is 0 Å². The van der Waals surface area contributed by atoms with Crippen LogP contribution in [0.25, 0.3) is 5.57 Å². The van der Waals surface area contributed by atoms with Gasteiger partial charge in [0.25, 0.3) is 0 Å². The fourth-order valence-electron chi connectivity index (χ4n) is 3.01. The van der Waals surface area contributed by atoms with Crippen molar-refractivity contribution in [2.24, 2.45) is 0 Å². The average Bonchev–Trinajstić information content (AvgIpc) is 2.68. The minimum atomic E-state index is -2.84. The molecule has 0 aliphatic heterocycles. The van der Waals surface area contributed by atoms with Gasteiger partial charge in [0.05, 0.1) is 0 Å². The van der Waals surface area contributed by atoms with Crippen LogP contribution in [0.3, 0.4) is 0 Å². The van der Waals surface area contributed by atoms with Gasteiger partial charge in [0.1, 0.15) is 7.14 Å². The maximum Gasteiger partial charge on any atom is 0.150 e. The van der Waals surface area contributed by atoms with Crippen molar-refractivity contribution in [3.8, 4) is 0 Å². The molecular formula is C22H21OP. The van der Waals surface area contributed by atoms with Gasteiger partial charge in [-0.2, -0.15) is 0 Å². The highest BCUT2D eigenvalue weighted by Gasteiger charge is 2.35. The van der Waals surface area contributed by atoms with Gasteiger partial charge in [0.2, 0.25) is 0 Å².